The molecular weight excluding hydrogens is 180 g/mol. The number of benzene rings is 1. The van der Waals surface area contributed by atoms with Crippen LogP contribution in [0.3, 0.4) is 0 Å². The summed E-state index contributed by atoms with van der Waals surface area (Å²) < 4.78 is 0. The molecule has 0 aliphatic rings. The summed E-state index contributed by atoms with van der Waals surface area (Å²) in [5, 5.41) is 9.34. The van der Waals surface area contributed by atoms with Crippen molar-refractivity contribution in [1.29, 1.82) is 0 Å². The first kappa shape index (κ1) is 8.90. The maximum atomic E-state index is 10.9. The van der Waals surface area contributed by atoms with Gasteiger partial charge >= 0.3 is 0 Å². The van der Waals surface area contributed by atoms with Crippen LogP contribution in [0.25, 0.3) is 11.0 Å². The van der Waals surface area contributed by atoms with Crippen LogP contribution in [0.5, 0.6) is 0 Å². The van der Waals surface area contributed by atoms with Gasteiger partial charge in [-0.1, -0.05) is 6.07 Å². The standard InChI is InChI=1S/C10H10N2O2/c1-6(13)7-2-3-8-9(4-7)11-5-10(14)12-8/h2-6,13H,1H3,(H,12,14). The molecule has 0 bridgehead atoms. The summed E-state index contributed by atoms with van der Waals surface area (Å²) in [7, 11) is 0. The molecule has 0 fully saturated rings. The van der Waals surface area contributed by atoms with Gasteiger partial charge in [0, 0.05) is 0 Å². The quantitative estimate of drug-likeness (QED) is 0.704. The molecule has 0 aliphatic heterocycles. The Labute approximate surface area is 80.2 Å². The van der Waals surface area contributed by atoms with Crippen molar-refractivity contribution in [3.8, 4) is 0 Å². The van der Waals surface area contributed by atoms with Crippen LogP contribution < -0.4 is 5.56 Å². The zero-order chi connectivity index (χ0) is 10.1. The van der Waals surface area contributed by atoms with E-state index in [-0.39, 0.29) is 5.56 Å². The summed E-state index contributed by atoms with van der Waals surface area (Å²) in [6.45, 7) is 1.69. The van der Waals surface area contributed by atoms with Crippen LogP contribution in [0.1, 0.15) is 18.6 Å². The van der Waals surface area contributed by atoms with Gasteiger partial charge in [-0.3, -0.25) is 4.79 Å². The van der Waals surface area contributed by atoms with Crippen molar-refractivity contribution in [2.24, 2.45) is 0 Å². The summed E-state index contributed by atoms with van der Waals surface area (Å²) in [6.07, 6.45) is 0.710. The Morgan fingerprint density at radius 2 is 2.29 bits per heavy atom. The van der Waals surface area contributed by atoms with Crippen molar-refractivity contribution >= 4 is 11.0 Å². The summed E-state index contributed by atoms with van der Waals surface area (Å²) in [5.41, 5.74) is 1.93. The van der Waals surface area contributed by atoms with E-state index in [0.29, 0.717) is 11.0 Å². The van der Waals surface area contributed by atoms with E-state index in [1.54, 1.807) is 25.1 Å². The summed E-state index contributed by atoms with van der Waals surface area (Å²) in [5.74, 6) is 0. The molecule has 1 unspecified atom stereocenters. The molecule has 2 aromatic rings. The minimum Gasteiger partial charge on any atom is -0.389 e. The molecule has 4 heteroatoms. The zero-order valence-electron chi connectivity index (χ0n) is 7.69. The number of H-pyrrole nitrogens is 1. The highest BCUT2D eigenvalue weighted by atomic mass is 16.3. The van der Waals surface area contributed by atoms with E-state index in [1.807, 2.05) is 0 Å². The molecule has 0 amide bonds. The van der Waals surface area contributed by atoms with Gasteiger partial charge in [-0.05, 0) is 24.6 Å². The molecule has 14 heavy (non-hydrogen) atoms. The predicted octanol–water partition coefficient (Wildman–Crippen LogP) is 0.976. The number of aromatic nitrogens is 2. The lowest BCUT2D eigenvalue weighted by Crippen LogP contribution is -2.05. The van der Waals surface area contributed by atoms with Crippen LogP contribution in [-0.4, -0.2) is 15.1 Å². The first-order chi connectivity index (χ1) is 6.66. The van der Waals surface area contributed by atoms with Gasteiger partial charge < -0.3 is 10.1 Å². The minimum absolute atomic E-state index is 0.220. The second kappa shape index (κ2) is 3.23. The van der Waals surface area contributed by atoms with Crippen LogP contribution in [0.15, 0.2) is 29.2 Å². The summed E-state index contributed by atoms with van der Waals surface area (Å²) in [6, 6.07) is 5.27. The molecule has 2 rings (SSSR count). The van der Waals surface area contributed by atoms with Crippen molar-refractivity contribution < 1.29 is 5.11 Å². The second-order valence-electron chi connectivity index (χ2n) is 3.20. The van der Waals surface area contributed by atoms with Crippen molar-refractivity contribution in [2.45, 2.75) is 13.0 Å². The zero-order valence-corrected chi connectivity index (χ0v) is 7.69. The highest BCUT2D eigenvalue weighted by Crippen LogP contribution is 2.15. The van der Waals surface area contributed by atoms with Crippen molar-refractivity contribution in [2.75, 3.05) is 0 Å². The van der Waals surface area contributed by atoms with E-state index < -0.39 is 6.10 Å². The van der Waals surface area contributed by atoms with Gasteiger partial charge in [-0.25, -0.2) is 4.98 Å². The van der Waals surface area contributed by atoms with Gasteiger partial charge in [0.25, 0.3) is 5.56 Å². The fourth-order valence-corrected chi connectivity index (χ4v) is 1.31. The van der Waals surface area contributed by atoms with Crippen LogP contribution in [-0.2, 0) is 0 Å². The maximum Gasteiger partial charge on any atom is 0.266 e. The third-order valence-electron chi connectivity index (χ3n) is 2.08. The molecule has 2 N–H and O–H groups in total. The third kappa shape index (κ3) is 1.52. The highest BCUT2D eigenvalue weighted by Gasteiger charge is 2.02. The SMILES string of the molecule is CC(O)c1ccc2[nH]c(=O)cnc2c1. The van der Waals surface area contributed by atoms with E-state index in [4.69, 9.17) is 0 Å². The van der Waals surface area contributed by atoms with E-state index in [1.165, 1.54) is 6.20 Å². The average Bonchev–Trinajstić information content (AvgIpc) is 2.16. The van der Waals surface area contributed by atoms with Crippen LogP contribution in [0, 0.1) is 0 Å². The smallest absolute Gasteiger partial charge is 0.266 e. The Hall–Kier alpha value is -1.68. The topological polar surface area (TPSA) is 66.0 Å². The van der Waals surface area contributed by atoms with E-state index in [9.17, 15) is 9.90 Å². The first-order valence-electron chi connectivity index (χ1n) is 4.34. The predicted molar refractivity (Wildman–Crippen MR) is 53.0 cm³/mol. The summed E-state index contributed by atoms with van der Waals surface area (Å²) >= 11 is 0. The number of rotatable bonds is 1. The number of aromatic amines is 1. The normalized spacial score (nSPS) is 13.0. The molecule has 0 spiro atoms. The second-order valence-corrected chi connectivity index (χ2v) is 3.20. The van der Waals surface area contributed by atoms with E-state index in [2.05, 4.69) is 9.97 Å². The lowest BCUT2D eigenvalue weighted by atomic mass is 10.1. The molecule has 1 atom stereocenters. The Morgan fingerprint density at radius 3 is 3.00 bits per heavy atom. The molecule has 0 saturated heterocycles. The molecular formula is C10H10N2O2. The number of aliphatic hydroxyl groups excluding tert-OH is 1. The number of hydrogen-bond acceptors (Lipinski definition) is 3. The van der Waals surface area contributed by atoms with Gasteiger partial charge in [0.05, 0.1) is 23.3 Å². The van der Waals surface area contributed by atoms with E-state index >= 15 is 0 Å². The number of aliphatic hydroxyl groups is 1. The van der Waals surface area contributed by atoms with Crippen LogP contribution in [0.4, 0.5) is 0 Å². The lowest BCUT2D eigenvalue weighted by Gasteiger charge is -2.04. The van der Waals surface area contributed by atoms with Gasteiger partial charge in [0.2, 0.25) is 0 Å². The monoisotopic (exact) mass is 190 g/mol. The maximum absolute atomic E-state index is 10.9. The Morgan fingerprint density at radius 1 is 1.50 bits per heavy atom. The number of hydrogen-bond donors (Lipinski definition) is 2. The number of nitrogens with zero attached hydrogens (tertiary/aromatic N) is 1. The molecule has 4 nitrogen and oxygen atoms in total. The molecule has 1 aromatic heterocycles. The van der Waals surface area contributed by atoms with Gasteiger partial charge in [0.15, 0.2) is 0 Å². The largest absolute Gasteiger partial charge is 0.389 e. The minimum atomic E-state index is -0.520. The highest BCUT2D eigenvalue weighted by molar-refractivity contribution is 5.74. The van der Waals surface area contributed by atoms with Gasteiger partial charge in [-0.2, -0.15) is 0 Å². The fourth-order valence-electron chi connectivity index (χ4n) is 1.31. The Balaban J connectivity index is 2.67. The Kier molecular flexibility index (Phi) is 2.05. The fraction of sp³-hybridized carbons (Fsp3) is 0.200. The summed E-state index contributed by atoms with van der Waals surface area (Å²) in [4.78, 5) is 17.6. The van der Waals surface area contributed by atoms with E-state index in [0.717, 1.165) is 5.56 Å². The van der Waals surface area contributed by atoms with Crippen molar-refractivity contribution in [1.82, 2.24) is 9.97 Å². The molecule has 1 heterocycles. The Bertz CT molecular complexity index is 517. The third-order valence-corrected chi connectivity index (χ3v) is 2.08. The molecule has 72 valence electrons. The number of nitrogens with one attached hydrogen (secondary N) is 1. The molecule has 1 aromatic carbocycles. The number of fused-ring (bicyclic) bond motifs is 1. The van der Waals surface area contributed by atoms with Crippen LogP contribution >= 0.6 is 0 Å². The first-order valence-corrected chi connectivity index (χ1v) is 4.34. The van der Waals surface area contributed by atoms with Crippen molar-refractivity contribution in [3.05, 3.63) is 40.3 Å². The molecule has 0 aliphatic carbocycles. The van der Waals surface area contributed by atoms with Gasteiger partial charge in [0.1, 0.15) is 0 Å². The average molecular weight is 190 g/mol. The van der Waals surface area contributed by atoms with Crippen molar-refractivity contribution in [3.63, 3.8) is 0 Å². The molecule has 0 radical (unpaired) electrons. The van der Waals surface area contributed by atoms with Gasteiger partial charge in [-0.15, -0.1) is 0 Å². The molecule has 0 saturated carbocycles. The van der Waals surface area contributed by atoms with Crippen LogP contribution in [0.2, 0.25) is 0 Å². The lowest BCUT2D eigenvalue weighted by molar-refractivity contribution is 0.199.